The number of benzene rings is 1. The molecule has 1 aliphatic carbocycles. The highest BCUT2D eigenvalue weighted by molar-refractivity contribution is 6.12. The van der Waals surface area contributed by atoms with Gasteiger partial charge in [-0.2, -0.15) is 5.10 Å². The van der Waals surface area contributed by atoms with Crippen molar-refractivity contribution >= 4 is 28.6 Å². The highest BCUT2D eigenvalue weighted by atomic mass is 16.5. The SMILES string of the molecule is COc1ccc2nc(C3CC3)cc(C(=O)Nc3ccn(CC(=O)O)n3)c2c1. The zero-order valence-corrected chi connectivity index (χ0v) is 14.7. The van der Waals surface area contributed by atoms with Crippen LogP contribution < -0.4 is 10.1 Å². The minimum Gasteiger partial charge on any atom is -0.497 e. The Morgan fingerprint density at radius 2 is 2.11 bits per heavy atom. The van der Waals surface area contributed by atoms with Gasteiger partial charge in [0.2, 0.25) is 0 Å². The highest BCUT2D eigenvalue weighted by Crippen LogP contribution is 2.40. The fraction of sp³-hybridized carbons (Fsp3) is 0.263. The third-order valence-electron chi connectivity index (χ3n) is 4.46. The van der Waals surface area contributed by atoms with Gasteiger partial charge in [-0.3, -0.25) is 19.3 Å². The molecule has 4 rings (SSSR count). The number of carbonyl (C=O) groups is 2. The Kier molecular flexibility index (Phi) is 4.23. The van der Waals surface area contributed by atoms with E-state index in [1.165, 1.54) is 10.9 Å². The van der Waals surface area contributed by atoms with Gasteiger partial charge in [-0.1, -0.05) is 0 Å². The van der Waals surface area contributed by atoms with Crippen LogP contribution in [0.25, 0.3) is 10.9 Å². The average Bonchev–Trinajstić information content (AvgIpc) is 3.41. The normalized spacial score (nSPS) is 13.5. The summed E-state index contributed by atoms with van der Waals surface area (Å²) in [6, 6.07) is 8.84. The first kappa shape index (κ1) is 17.0. The van der Waals surface area contributed by atoms with E-state index in [9.17, 15) is 9.59 Å². The summed E-state index contributed by atoms with van der Waals surface area (Å²) in [6.07, 6.45) is 3.66. The topological polar surface area (TPSA) is 106 Å². The maximum absolute atomic E-state index is 12.9. The number of rotatable bonds is 6. The fourth-order valence-corrected chi connectivity index (χ4v) is 2.97. The minimum absolute atomic E-state index is 0.267. The molecule has 0 radical (unpaired) electrons. The molecule has 0 bridgehead atoms. The van der Waals surface area contributed by atoms with Crippen molar-refractivity contribution < 1.29 is 19.4 Å². The molecule has 8 nitrogen and oxygen atoms in total. The summed E-state index contributed by atoms with van der Waals surface area (Å²) >= 11 is 0. The maximum Gasteiger partial charge on any atom is 0.325 e. The van der Waals surface area contributed by atoms with Crippen molar-refractivity contribution in [3.8, 4) is 5.75 Å². The Labute approximate surface area is 154 Å². The number of anilines is 1. The van der Waals surface area contributed by atoms with E-state index >= 15 is 0 Å². The molecule has 0 unspecified atom stereocenters. The van der Waals surface area contributed by atoms with Gasteiger partial charge in [-0.15, -0.1) is 0 Å². The summed E-state index contributed by atoms with van der Waals surface area (Å²) in [7, 11) is 1.57. The van der Waals surface area contributed by atoms with E-state index in [0.717, 1.165) is 24.1 Å². The van der Waals surface area contributed by atoms with Gasteiger partial charge in [0.15, 0.2) is 5.82 Å². The Bertz CT molecular complexity index is 1040. The van der Waals surface area contributed by atoms with Crippen LogP contribution in [0.3, 0.4) is 0 Å². The summed E-state index contributed by atoms with van der Waals surface area (Å²) in [5.41, 5.74) is 2.14. The lowest BCUT2D eigenvalue weighted by molar-refractivity contribution is -0.137. The van der Waals surface area contributed by atoms with Gasteiger partial charge in [0.05, 0.1) is 18.2 Å². The van der Waals surface area contributed by atoms with Crippen molar-refractivity contribution in [3.05, 3.63) is 47.8 Å². The summed E-state index contributed by atoms with van der Waals surface area (Å²) in [5.74, 6) is 0.0126. The molecule has 27 heavy (non-hydrogen) atoms. The van der Waals surface area contributed by atoms with Gasteiger partial charge in [0.25, 0.3) is 5.91 Å². The van der Waals surface area contributed by atoms with Gasteiger partial charge >= 0.3 is 5.97 Å². The molecule has 0 saturated heterocycles. The van der Waals surface area contributed by atoms with Crippen molar-refractivity contribution in [2.75, 3.05) is 12.4 Å². The van der Waals surface area contributed by atoms with Crippen LogP contribution in [0.4, 0.5) is 5.82 Å². The molecule has 1 aliphatic rings. The van der Waals surface area contributed by atoms with E-state index in [1.54, 1.807) is 19.2 Å². The van der Waals surface area contributed by atoms with Crippen LogP contribution in [0.2, 0.25) is 0 Å². The Morgan fingerprint density at radius 1 is 1.30 bits per heavy atom. The summed E-state index contributed by atoms with van der Waals surface area (Å²) in [4.78, 5) is 28.4. The summed E-state index contributed by atoms with van der Waals surface area (Å²) in [6.45, 7) is -0.267. The average molecular weight is 366 g/mol. The molecule has 8 heteroatoms. The third-order valence-corrected chi connectivity index (χ3v) is 4.46. The smallest absolute Gasteiger partial charge is 0.325 e. The lowest BCUT2D eigenvalue weighted by Crippen LogP contribution is -2.15. The third kappa shape index (κ3) is 3.59. The summed E-state index contributed by atoms with van der Waals surface area (Å²) < 4.78 is 6.53. The molecule has 0 spiro atoms. The van der Waals surface area contributed by atoms with Crippen molar-refractivity contribution in [2.45, 2.75) is 25.3 Å². The molecule has 0 atom stereocenters. The van der Waals surface area contributed by atoms with Gasteiger partial charge < -0.3 is 15.2 Å². The molecular formula is C19H18N4O4. The first-order chi connectivity index (χ1) is 13.0. The first-order valence-electron chi connectivity index (χ1n) is 8.59. The Hall–Kier alpha value is -3.42. The van der Waals surface area contributed by atoms with Crippen molar-refractivity contribution in [1.29, 1.82) is 0 Å². The standard InChI is InChI=1S/C19H18N4O4/c1-27-12-4-5-15-13(8-12)14(9-16(20-15)11-2-3-11)19(26)21-17-6-7-23(22-17)10-18(24)25/h4-9,11H,2-3,10H2,1H3,(H,24,25)(H,21,22,26). The molecule has 138 valence electrons. The molecule has 2 aromatic heterocycles. The largest absolute Gasteiger partial charge is 0.497 e. The van der Waals surface area contributed by atoms with Crippen LogP contribution in [0, 0.1) is 0 Å². The molecule has 2 heterocycles. The first-order valence-corrected chi connectivity index (χ1v) is 8.59. The zero-order chi connectivity index (χ0) is 19.0. The number of aliphatic carboxylic acids is 1. The Balaban J connectivity index is 1.69. The molecule has 1 saturated carbocycles. The van der Waals surface area contributed by atoms with Crippen LogP contribution in [-0.2, 0) is 11.3 Å². The number of hydrogen-bond acceptors (Lipinski definition) is 5. The number of pyridine rings is 1. The number of nitrogens with zero attached hydrogens (tertiary/aromatic N) is 3. The van der Waals surface area contributed by atoms with Crippen molar-refractivity contribution in [1.82, 2.24) is 14.8 Å². The number of amides is 1. The number of methoxy groups -OCH3 is 1. The molecule has 1 fully saturated rings. The number of carbonyl (C=O) groups excluding carboxylic acids is 1. The number of ether oxygens (including phenoxy) is 1. The molecule has 0 aliphatic heterocycles. The van der Waals surface area contributed by atoms with E-state index in [2.05, 4.69) is 15.4 Å². The minimum atomic E-state index is -1.00. The molecule has 1 amide bonds. The number of fused-ring (bicyclic) bond motifs is 1. The van der Waals surface area contributed by atoms with Gasteiger partial charge in [-0.05, 0) is 37.1 Å². The van der Waals surface area contributed by atoms with Crippen LogP contribution >= 0.6 is 0 Å². The number of hydrogen-bond donors (Lipinski definition) is 2. The molecule has 3 aromatic rings. The molecule has 1 aromatic carbocycles. The Morgan fingerprint density at radius 3 is 2.81 bits per heavy atom. The quantitative estimate of drug-likeness (QED) is 0.695. The highest BCUT2D eigenvalue weighted by Gasteiger charge is 2.27. The lowest BCUT2D eigenvalue weighted by atomic mass is 10.0. The fourth-order valence-electron chi connectivity index (χ4n) is 2.97. The second kappa shape index (κ2) is 6.71. The van der Waals surface area contributed by atoms with E-state index < -0.39 is 5.97 Å². The van der Waals surface area contributed by atoms with Crippen LogP contribution in [0.5, 0.6) is 5.75 Å². The predicted octanol–water partition coefficient (Wildman–Crippen LogP) is 2.65. The van der Waals surface area contributed by atoms with E-state index in [-0.39, 0.29) is 12.5 Å². The number of nitrogens with one attached hydrogen (secondary N) is 1. The second-order valence-electron chi connectivity index (χ2n) is 6.50. The van der Waals surface area contributed by atoms with E-state index in [1.807, 2.05) is 18.2 Å². The maximum atomic E-state index is 12.9. The van der Waals surface area contributed by atoms with Crippen molar-refractivity contribution in [3.63, 3.8) is 0 Å². The number of carboxylic acid groups (broad SMARTS) is 1. The zero-order valence-electron chi connectivity index (χ0n) is 14.7. The molecular weight excluding hydrogens is 348 g/mol. The monoisotopic (exact) mass is 366 g/mol. The lowest BCUT2D eigenvalue weighted by Gasteiger charge is -2.10. The van der Waals surface area contributed by atoms with Crippen LogP contribution in [0.15, 0.2) is 36.5 Å². The summed E-state index contributed by atoms with van der Waals surface area (Å²) in [5, 5.41) is 16.3. The number of carboxylic acids is 1. The van der Waals surface area contributed by atoms with Crippen LogP contribution in [-0.4, -0.2) is 38.9 Å². The van der Waals surface area contributed by atoms with Crippen molar-refractivity contribution in [2.24, 2.45) is 0 Å². The van der Waals surface area contributed by atoms with Crippen LogP contribution in [0.1, 0.15) is 34.8 Å². The van der Waals surface area contributed by atoms with E-state index in [0.29, 0.717) is 28.4 Å². The molecule has 2 N–H and O–H groups in total. The van der Waals surface area contributed by atoms with Gasteiger partial charge in [0, 0.05) is 29.3 Å². The van der Waals surface area contributed by atoms with Gasteiger partial charge in [-0.25, -0.2) is 0 Å². The van der Waals surface area contributed by atoms with E-state index in [4.69, 9.17) is 9.84 Å². The second-order valence-corrected chi connectivity index (χ2v) is 6.50. The number of aromatic nitrogens is 3. The van der Waals surface area contributed by atoms with Gasteiger partial charge in [0.1, 0.15) is 12.3 Å². The predicted molar refractivity (Wildman–Crippen MR) is 98.1 cm³/mol.